The third-order valence-corrected chi connectivity index (χ3v) is 4.97. The Labute approximate surface area is 159 Å². The van der Waals surface area contributed by atoms with Gasteiger partial charge in [-0.15, -0.1) is 0 Å². The second-order valence-corrected chi connectivity index (χ2v) is 7.35. The van der Waals surface area contributed by atoms with E-state index >= 15 is 0 Å². The number of nitro benzene ring substituents is 1. The van der Waals surface area contributed by atoms with Crippen molar-refractivity contribution in [3.05, 3.63) is 33.9 Å². The van der Waals surface area contributed by atoms with Gasteiger partial charge in [-0.05, 0) is 36.8 Å². The number of nitro groups is 1. The lowest BCUT2D eigenvalue weighted by Gasteiger charge is -2.31. The van der Waals surface area contributed by atoms with Gasteiger partial charge in [-0.3, -0.25) is 14.9 Å². The zero-order valence-electron chi connectivity index (χ0n) is 16.2. The van der Waals surface area contributed by atoms with E-state index in [1.165, 1.54) is 13.2 Å². The van der Waals surface area contributed by atoms with E-state index < -0.39 is 22.8 Å². The van der Waals surface area contributed by atoms with E-state index in [-0.39, 0.29) is 17.2 Å². The molecule has 0 unspecified atom stereocenters. The average Bonchev–Trinajstić information content (AvgIpc) is 2.65. The largest absolute Gasteiger partial charge is 0.467 e. The van der Waals surface area contributed by atoms with Crippen LogP contribution >= 0.6 is 0 Å². The topological polar surface area (TPSA) is 102 Å². The Kier molecular flexibility index (Phi) is 6.76. The van der Waals surface area contributed by atoms with Crippen LogP contribution in [0, 0.1) is 22.0 Å². The number of ether oxygens (including phenoxy) is 1. The van der Waals surface area contributed by atoms with E-state index in [0.29, 0.717) is 11.6 Å². The zero-order valence-corrected chi connectivity index (χ0v) is 16.2. The van der Waals surface area contributed by atoms with Crippen molar-refractivity contribution in [2.75, 3.05) is 25.1 Å². The number of methoxy groups -OCH3 is 1. The molecule has 0 saturated carbocycles. The lowest BCUT2D eigenvalue weighted by atomic mass is 9.98. The van der Waals surface area contributed by atoms with Gasteiger partial charge in [0.25, 0.3) is 11.6 Å². The monoisotopic (exact) mass is 377 g/mol. The number of benzene rings is 1. The molecule has 0 radical (unpaired) electrons. The summed E-state index contributed by atoms with van der Waals surface area (Å²) in [6.07, 6.45) is 1.96. The molecule has 0 bridgehead atoms. The SMILES string of the molecule is COC(=O)[C@@H](NC(=O)c1ccc(N2CCC(C)CC2)c([N+](=O)[O-])c1)C(C)C. The molecule has 1 N–H and O–H groups in total. The predicted octanol–water partition coefficient (Wildman–Crippen LogP) is 2.76. The number of hydrogen-bond acceptors (Lipinski definition) is 6. The van der Waals surface area contributed by atoms with Crippen molar-refractivity contribution in [3.8, 4) is 0 Å². The fourth-order valence-electron chi connectivity index (χ4n) is 3.18. The van der Waals surface area contributed by atoms with Crippen molar-refractivity contribution < 1.29 is 19.2 Å². The summed E-state index contributed by atoms with van der Waals surface area (Å²) in [5.74, 6) is -0.657. The van der Waals surface area contributed by atoms with Gasteiger partial charge in [-0.2, -0.15) is 0 Å². The Morgan fingerprint density at radius 2 is 1.93 bits per heavy atom. The molecule has 1 aliphatic heterocycles. The average molecular weight is 377 g/mol. The maximum Gasteiger partial charge on any atom is 0.328 e. The van der Waals surface area contributed by atoms with Crippen molar-refractivity contribution in [1.29, 1.82) is 0 Å². The molecule has 1 saturated heterocycles. The molecule has 1 heterocycles. The van der Waals surface area contributed by atoms with Gasteiger partial charge in [-0.1, -0.05) is 20.8 Å². The van der Waals surface area contributed by atoms with Crippen LogP contribution in [-0.2, 0) is 9.53 Å². The summed E-state index contributed by atoms with van der Waals surface area (Å²) in [4.78, 5) is 37.4. The van der Waals surface area contributed by atoms with Gasteiger partial charge in [0.2, 0.25) is 0 Å². The fourth-order valence-corrected chi connectivity index (χ4v) is 3.18. The lowest BCUT2D eigenvalue weighted by Crippen LogP contribution is -2.45. The molecule has 0 aromatic heterocycles. The van der Waals surface area contributed by atoms with Crippen molar-refractivity contribution in [2.45, 2.75) is 39.7 Å². The summed E-state index contributed by atoms with van der Waals surface area (Å²) in [5, 5.41) is 14.2. The smallest absolute Gasteiger partial charge is 0.328 e. The third-order valence-electron chi connectivity index (χ3n) is 4.97. The minimum absolute atomic E-state index is 0.101. The van der Waals surface area contributed by atoms with Gasteiger partial charge >= 0.3 is 5.97 Å². The number of nitrogens with one attached hydrogen (secondary N) is 1. The molecule has 1 aromatic carbocycles. The highest BCUT2D eigenvalue weighted by molar-refractivity contribution is 5.98. The Morgan fingerprint density at radius 1 is 1.30 bits per heavy atom. The second kappa shape index (κ2) is 8.83. The van der Waals surface area contributed by atoms with E-state index in [9.17, 15) is 19.7 Å². The van der Waals surface area contributed by atoms with Crippen LogP contribution < -0.4 is 10.2 Å². The Balaban J connectivity index is 2.25. The van der Waals surface area contributed by atoms with Gasteiger partial charge < -0.3 is 15.0 Å². The van der Waals surface area contributed by atoms with Crippen molar-refractivity contribution in [3.63, 3.8) is 0 Å². The minimum atomic E-state index is -0.815. The predicted molar refractivity (Wildman–Crippen MR) is 102 cm³/mol. The molecule has 8 heteroatoms. The first kappa shape index (κ1) is 20.7. The third kappa shape index (κ3) is 4.96. The molecule has 1 fully saturated rings. The van der Waals surface area contributed by atoms with Gasteiger partial charge in [0.15, 0.2) is 0 Å². The molecule has 148 valence electrons. The van der Waals surface area contributed by atoms with Crippen LogP contribution in [0.3, 0.4) is 0 Å². The first-order valence-electron chi connectivity index (χ1n) is 9.16. The highest BCUT2D eigenvalue weighted by Gasteiger charge is 2.28. The van der Waals surface area contributed by atoms with Crippen LogP contribution in [0.2, 0.25) is 0 Å². The first-order chi connectivity index (χ1) is 12.7. The van der Waals surface area contributed by atoms with Gasteiger partial charge in [0, 0.05) is 24.7 Å². The molecule has 27 heavy (non-hydrogen) atoms. The van der Waals surface area contributed by atoms with E-state index in [1.807, 2.05) is 4.90 Å². The molecule has 1 amide bonds. The highest BCUT2D eigenvalue weighted by atomic mass is 16.6. The van der Waals surface area contributed by atoms with Crippen LogP contribution in [0.1, 0.15) is 44.0 Å². The van der Waals surface area contributed by atoms with Crippen molar-refractivity contribution >= 4 is 23.3 Å². The molecule has 1 aliphatic rings. The number of amides is 1. The maximum absolute atomic E-state index is 12.5. The van der Waals surface area contributed by atoms with Gasteiger partial charge in [0.1, 0.15) is 11.7 Å². The van der Waals surface area contributed by atoms with Crippen LogP contribution in [0.5, 0.6) is 0 Å². The Bertz CT molecular complexity index is 711. The fraction of sp³-hybridized carbons (Fsp3) is 0.579. The van der Waals surface area contributed by atoms with E-state index in [2.05, 4.69) is 12.2 Å². The molecule has 0 aliphatic carbocycles. The van der Waals surface area contributed by atoms with Crippen molar-refractivity contribution in [2.24, 2.45) is 11.8 Å². The Morgan fingerprint density at radius 3 is 2.44 bits per heavy atom. The standard InChI is InChI=1S/C19H27N3O5/c1-12(2)17(19(24)27-4)20-18(23)14-5-6-15(16(11-14)22(25)26)21-9-7-13(3)8-10-21/h5-6,11-13,17H,7-10H2,1-4H3,(H,20,23)/t17-/m0/s1. The van der Waals surface area contributed by atoms with Crippen LogP contribution in [-0.4, -0.2) is 43.0 Å². The highest BCUT2D eigenvalue weighted by Crippen LogP contribution is 2.32. The normalized spacial score (nSPS) is 16.1. The molecule has 2 rings (SSSR count). The summed E-state index contributed by atoms with van der Waals surface area (Å²) in [6, 6.07) is 3.64. The Hall–Kier alpha value is -2.64. The van der Waals surface area contributed by atoms with Crippen LogP contribution in [0.15, 0.2) is 18.2 Å². The number of esters is 1. The number of nitrogens with zero attached hydrogens (tertiary/aromatic N) is 2. The maximum atomic E-state index is 12.5. The zero-order chi connectivity index (χ0) is 20.1. The lowest BCUT2D eigenvalue weighted by molar-refractivity contribution is -0.384. The number of piperidine rings is 1. The minimum Gasteiger partial charge on any atom is -0.467 e. The quantitative estimate of drug-likeness (QED) is 0.465. The van der Waals surface area contributed by atoms with Crippen LogP contribution in [0.4, 0.5) is 11.4 Å². The van der Waals surface area contributed by atoms with E-state index in [0.717, 1.165) is 25.9 Å². The van der Waals surface area contributed by atoms with E-state index in [4.69, 9.17) is 4.74 Å². The molecule has 1 atom stereocenters. The van der Waals surface area contributed by atoms with Gasteiger partial charge in [0.05, 0.1) is 12.0 Å². The molecule has 0 spiro atoms. The summed E-state index contributed by atoms with van der Waals surface area (Å²) >= 11 is 0. The number of anilines is 1. The van der Waals surface area contributed by atoms with Gasteiger partial charge in [-0.25, -0.2) is 4.79 Å². The summed E-state index contributed by atoms with van der Waals surface area (Å²) < 4.78 is 4.71. The second-order valence-electron chi connectivity index (χ2n) is 7.35. The first-order valence-corrected chi connectivity index (χ1v) is 9.16. The summed E-state index contributed by atoms with van der Waals surface area (Å²) in [7, 11) is 1.25. The summed E-state index contributed by atoms with van der Waals surface area (Å²) in [6.45, 7) is 7.25. The molecule has 1 aromatic rings. The number of rotatable bonds is 6. The summed E-state index contributed by atoms with van der Waals surface area (Å²) in [5.41, 5.74) is 0.568. The van der Waals surface area contributed by atoms with Crippen molar-refractivity contribution in [1.82, 2.24) is 5.32 Å². The number of carbonyl (C=O) groups excluding carboxylic acids is 2. The number of hydrogen-bond donors (Lipinski definition) is 1. The van der Waals surface area contributed by atoms with E-state index in [1.54, 1.807) is 26.0 Å². The molecular formula is C19H27N3O5. The van der Waals surface area contributed by atoms with Crippen LogP contribution in [0.25, 0.3) is 0 Å². The number of carbonyl (C=O) groups is 2. The molecular weight excluding hydrogens is 350 g/mol. The molecule has 8 nitrogen and oxygen atoms in total.